The fourth-order valence-electron chi connectivity index (χ4n) is 9.57. The van der Waals surface area contributed by atoms with E-state index in [-0.39, 0.29) is 80.1 Å². The van der Waals surface area contributed by atoms with Gasteiger partial charge in [0.05, 0.1) is 18.3 Å². The second-order valence-corrected chi connectivity index (χ2v) is 25.0. The van der Waals surface area contributed by atoms with Gasteiger partial charge in [-0.1, -0.05) is 88.2 Å². The second kappa shape index (κ2) is 26.8. The van der Waals surface area contributed by atoms with Gasteiger partial charge in [0.2, 0.25) is 45.5 Å². The summed E-state index contributed by atoms with van der Waals surface area (Å²) in [4.78, 5) is 81.8. The number of carbonyl (C=O) groups excluding carboxylic acids is 6. The van der Waals surface area contributed by atoms with Gasteiger partial charge in [0, 0.05) is 80.9 Å². The van der Waals surface area contributed by atoms with E-state index in [4.69, 9.17) is 0 Å². The number of hydrogen-bond donors (Lipinski definition) is 8. The van der Waals surface area contributed by atoms with E-state index < -0.39 is 51.5 Å². The van der Waals surface area contributed by atoms with Crippen LogP contribution in [0.25, 0.3) is 0 Å². The van der Waals surface area contributed by atoms with E-state index in [1.54, 1.807) is 11.8 Å². The zero-order chi connectivity index (χ0) is 52.0. The van der Waals surface area contributed by atoms with E-state index in [2.05, 4.69) is 56.3 Å². The average Bonchev–Trinajstić information content (AvgIpc) is 4.19. The number of β-amino-alcohol motifs (C(OH)–C–C–N with tert-alkyl or cyclic N) is 1. The smallest absolute Gasteiger partial charge is 0.246 e. The van der Waals surface area contributed by atoms with Crippen LogP contribution >= 0.6 is 23.5 Å². The molecule has 6 rings (SSSR count). The van der Waals surface area contributed by atoms with Crippen molar-refractivity contribution in [3.8, 4) is 0 Å². The molecule has 72 heavy (non-hydrogen) atoms. The highest BCUT2D eigenvalue weighted by Crippen LogP contribution is 2.36. The molecule has 0 aliphatic carbocycles. The number of thioether (sulfide) groups is 2. The molecular formula is C51H77N9O9S3. The summed E-state index contributed by atoms with van der Waals surface area (Å²) in [6.07, 6.45) is 5.33. The van der Waals surface area contributed by atoms with E-state index in [0.717, 1.165) is 35.4 Å². The Hall–Kier alpha value is -4.25. The Morgan fingerprint density at radius 3 is 2.19 bits per heavy atom. The third-order valence-electron chi connectivity index (χ3n) is 13.9. The summed E-state index contributed by atoms with van der Waals surface area (Å²) in [6, 6.07) is 15.9. The van der Waals surface area contributed by atoms with Crippen molar-refractivity contribution in [2.45, 2.75) is 152 Å². The summed E-state index contributed by atoms with van der Waals surface area (Å²) in [5.41, 5.74) is 2.25. The molecule has 6 amide bonds. The zero-order valence-corrected chi connectivity index (χ0v) is 44.9. The molecule has 21 heteroatoms. The largest absolute Gasteiger partial charge is 0.391 e. The van der Waals surface area contributed by atoms with Crippen molar-refractivity contribution < 1.29 is 42.3 Å². The van der Waals surface area contributed by atoms with Gasteiger partial charge < -0.3 is 41.9 Å². The number of sulfonamides is 1. The van der Waals surface area contributed by atoms with Crippen LogP contribution in [0.3, 0.4) is 0 Å². The first kappa shape index (κ1) is 57.0. The quantitative estimate of drug-likeness (QED) is 0.0704. The van der Waals surface area contributed by atoms with Crippen LogP contribution in [0.1, 0.15) is 126 Å². The Labute approximate surface area is 434 Å². The standard InChI is InChI=1S/C51H77N9O9S3/c1-33-44(71-32-54-33)36-22-20-34(21-23-36)28-53-48(66)41-27-38(61)30-60(41)49(67)45(51(2,3)4)57-43(63)19-12-7-6-11-18-42(62)52-25-14-13-17-39(55-46(64)37-24-26-59(29-37)72(5,68)69)47(65)58-50-56-40(31-70-50)35-15-9-8-10-16-35/h8-10,15-16,20-23,33,37-41,44-45,50,54,56,61H,6-7,11-14,17-19,24-32H2,1-5H3,(H,52,62)(H,53,66)(H,55,64)(H,57,63)(H,58,65)/t33?,37?,38-,39+,40?,41+,44?,45-,50?/m1/s1. The molecule has 4 heterocycles. The molecule has 0 saturated carbocycles. The normalized spacial score (nSPS) is 24.4. The van der Waals surface area contributed by atoms with Gasteiger partial charge in [0.25, 0.3) is 0 Å². The van der Waals surface area contributed by atoms with Crippen molar-refractivity contribution in [1.29, 1.82) is 0 Å². The van der Waals surface area contributed by atoms with Crippen molar-refractivity contribution in [2.75, 3.05) is 44.1 Å². The molecule has 0 aromatic heterocycles. The predicted octanol–water partition coefficient (Wildman–Crippen LogP) is 3.39. The third kappa shape index (κ3) is 16.9. The van der Waals surface area contributed by atoms with Gasteiger partial charge in [0.1, 0.15) is 23.6 Å². The highest BCUT2D eigenvalue weighted by atomic mass is 32.2. The van der Waals surface area contributed by atoms with Gasteiger partial charge in [-0.25, -0.2) is 12.7 Å². The highest BCUT2D eigenvalue weighted by molar-refractivity contribution is 8.00. The Morgan fingerprint density at radius 2 is 1.54 bits per heavy atom. The highest BCUT2D eigenvalue weighted by Gasteiger charge is 2.44. The van der Waals surface area contributed by atoms with Crippen LogP contribution in [-0.4, -0.2) is 138 Å². The molecule has 4 saturated heterocycles. The lowest BCUT2D eigenvalue weighted by Crippen LogP contribution is -2.57. The summed E-state index contributed by atoms with van der Waals surface area (Å²) in [5.74, 6) is -0.713. The van der Waals surface area contributed by atoms with Crippen LogP contribution in [0.15, 0.2) is 54.6 Å². The monoisotopic (exact) mass is 1060 g/mol. The minimum atomic E-state index is -3.44. The van der Waals surface area contributed by atoms with E-state index >= 15 is 0 Å². The maximum Gasteiger partial charge on any atom is 0.246 e. The first-order valence-corrected chi connectivity index (χ1v) is 29.5. The number of aliphatic hydroxyl groups is 1. The number of carbonyl (C=O) groups is 6. The third-order valence-corrected chi connectivity index (χ3v) is 17.6. The summed E-state index contributed by atoms with van der Waals surface area (Å²) in [6.45, 7) is 8.74. The Balaban J connectivity index is 0.872. The van der Waals surface area contributed by atoms with Crippen molar-refractivity contribution in [3.05, 3.63) is 71.3 Å². The number of rotatable bonds is 24. The maximum atomic E-state index is 14.0. The lowest BCUT2D eigenvalue weighted by atomic mass is 9.85. The molecule has 0 bridgehead atoms. The molecule has 2 aromatic rings. The van der Waals surface area contributed by atoms with Crippen LogP contribution in [0, 0.1) is 11.3 Å². The topological polar surface area (TPSA) is 247 Å². The summed E-state index contributed by atoms with van der Waals surface area (Å²) in [7, 11) is -3.44. The molecular weight excluding hydrogens is 979 g/mol. The van der Waals surface area contributed by atoms with Gasteiger partial charge in [-0.15, -0.1) is 23.5 Å². The van der Waals surface area contributed by atoms with Crippen LogP contribution in [0.4, 0.5) is 0 Å². The maximum absolute atomic E-state index is 14.0. The van der Waals surface area contributed by atoms with Crippen LogP contribution < -0.4 is 37.2 Å². The Morgan fingerprint density at radius 1 is 0.833 bits per heavy atom. The fourth-order valence-corrected chi connectivity index (χ4v) is 12.9. The molecule has 8 N–H and O–H groups in total. The summed E-state index contributed by atoms with van der Waals surface area (Å²) < 4.78 is 25.4. The minimum Gasteiger partial charge on any atom is -0.391 e. The van der Waals surface area contributed by atoms with E-state index in [0.29, 0.717) is 69.2 Å². The fraction of sp³-hybridized carbons (Fsp3) is 0.647. The van der Waals surface area contributed by atoms with Gasteiger partial charge >= 0.3 is 0 Å². The SMILES string of the molecule is CC1NCSC1c1ccc(CNC(=O)[C@@H]2C[C@@H](O)CN2C(=O)[C@@H](NC(=O)CCCCCCC(=O)NCCCC[C@H](NC(=O)C2CCN(S(C)(=O)=O)C2)C(=O)NC2NC(c3ccccc3)CS2)C(C)(C)C)cc1. The van der Waals surface area contributed by atoms with E-state index in [1.165, 1.54) is 14.8 Å². The number of benzene rings is 2. The molecule has 4 aliphatic heterocycles. The van der Waals surface area contributed by atoms with Crippen molar-refractivity contribution in [3.63, 3.8) is 0 Å². The number of unbranched alkanes of at least 4 members (excludes halogenated alkanes) is 4. The number of nitrogens with one attached hydrogen (secondary N) is 7. The van der Waals surface area contributed by atoms with Crippen molar-refractivity contribution >= 4 is 69.0 Å². The summed E-state index contributed by atoms with van der Waals surface area (Å²) >= 11 is 3.44. The number of aliphatic hydroxyl groups excluding tert-OH is 1. The number of nitrogens with zero attached hydrogens (tertiary/aromatic N) is 2. The molecule has 0 spiro atoms. The van der Waals surface area contributed by atoms with Gasteiger partial charge in [-0.2, -0.15) is 0 Å². The number of hydrogen-bond acceptors (Lipinski definition) is 13. The lowest BCUT2D eigenvalue weighted by Gasteiger charge is -2.35. The minimum absolute atomic E-state index is 0.00265. The molecule has 18 nitrogen and oxygen atoms in total. The van der Waals surface area contributed by atoms with Gasteiger partial charge in [-0.3, -0.25) is 34.1 Å². The molecule has 5 unspecified atom stereocenters. The van der Waals surface area contributed by atoms with Crippen LogP contribution in [0.5, 0.6) is 0 Å². The van der Waals surface area contributed by atoms with Crippen molar-refractivity contribution in [1.82, 2.24) is 46.4 Å². The number of likely N-dealkylation sites (tertiary alicyclic amines) is 1. The van der Waals surface area contributed by atoms with Crippen LogP contribution in [-0.2, 0) is 45.3 Å². The summed E-state index contributed by atoms with van der Waals surface area (Å²) in [5, 5.41) is 32.6. The lowest BCUT2D eigenvalue weighted by molar-refractivity contribution is -0.144. The van der Waals surface area contributed by atoms with Crippen molar-refractivity contribution in [2.24, 2.45) is 11.3 Å². The van der Waals surface area contributed by atoms with Gasteiger partial charge in [-0.05, 0) is 67.6 Å². The molecule has 0 radical (unpaired) electrons. The van der Waals surface area contributed by atoms with E-state index in [9.17, 15) is 42.3 Å². The molecule has 2 aromatic carbocycles. The molecule has 4 aliphatic rings. The molecule has 398 valence electrons. The van der Waals surface area contributed by atoms with E-state index in [1.807, 2.05) is 75.0 Å². The Bertz CT molecular complexity index is 2270. The first-order valence-electron chi connectivity index (χ1n) is 25.5. The predicted molar refractivity (Wildman–Crippen MR) is 281 cm³/mol. The van der Waals surface area contributed by atoms with Gasteiger partial charge in [0.15, 0.2) is 0 Å². The zero-order valence-electron chi connectivity index (χ0n) is 42.5. The molecule has 4 fully saturated rings. The Kier molecular flexibility index (Phi) is 21.2. The molecule has 9 atom stereocenters. The number of amides is 6. The second-order valence-electron chi connectivity index (χ2n) is 20.7. The van der Waals surface area contributed by atoms with Crippen LogP contribution in [0.2, 0.25) is 0 Å². The average molecular weight is 1060 g/mol. The first-order chi connectivity index (χ1) is 34.3.